The molecule has 158 valence electrons. The van der Waals surface area contributed by atoms with Gasteiger partial charge in [0, 0.05) is 39.2 Å². The number of aromatic nitrogens is 2. The highest BCUT2D eigenvalue weighted by atomic mass is 35.5. The van der Waals surface area contributed by atoms with E-state index in [4.69, 9.17) is 16.3 Å². The summed E-state index contributed by atoms with van der Waals surface area (Å²) in [6.07, 6.45) is -0.579. The predicted molar refractivity (Wildman–Crippen MR) is 115 cm³/mol. The zero-order chi connectivity index (χ0) is 21.5. The number of benzene rings is 2. The minimum atomic E-state index is -4.53. The van der Waals surface area contributed by atoms with Gasteiger partial charge in [0.2, 0.25) is 0 Å². The lowest BCUT2D eigenvalue weighted by Gasteiger charge is -2.36. The summed E-state index contributed by atoms with van der Waals surface area (Å²) >= 11 is 6.16. The Morgan fingerprint density at radius 1 is 0.933 bits per heavy atom. The number of ether oxygens (including phenoxy) is 1. The lowest BCUT2D eigenvalue weighted by molar-refractivity contribution is -0.179. The van der Waals surface area contributed by atoms with Gasteiger partial charge in [-0.3, -0.25) is 0 Å². The molecule has 0 spiro atoms. The van der Waals surface area contributed by atoms with Crippen LogP contribution in [0.2, 0.25) is 5.02 Å². The Balaban J connectivity index is 2.10. The topological polar surface area (TPSA) is 40.8 Å². The molecule has 3 nitrogen and oxygen atoms in total. The first-order valence-corrected chi connectivity index (χ1v) is 10.2. The molecule has 7 heteroatoms. The number of fused-ring (bicyclic) bond motifs is 2. The monoisotopic (exact) mass is 434 g/mol. The van der Waals surface area contributed by atoms with Gasteiger partial charge in [-0.15, -0.1) is 0 Å². The zero-order valence-corrected chi connectivity index (χ0v) is 17.4. The van der Waals surface area contributed by atoms with E-state index in [0.717, 1.165) is 0 Å². The van der Waals surface area contributed by atoms with Crippen molar-refractivity contribution in [1.29, 1.82) is 0 Å². The van der Waals surface area contributed by atoms with Crippen molar-refractivity contribution in [3.8, 4) is 5.75 Å². The smallest absolute Gasteiger partial charge is 0.402 e. The Hall–Kier alpha value is -2.60. The average Bonchev–Trinajstić information content (AvgIpc) is 3.32. The number of alkyl halides is 3. The van der Waals surface area contributed by atoms with E-state index < -0.39 is 11.6 Å². The highest BCUT2D eigenvalue weighted by molar-refractivity contribution is 6.31. The molecule has 2 heterocycles. The van der Waals surface area contributed by atoms with Crippen LogP contribution < -0.4 is 4.74 Å². The number of hydrogen-bond donors (Lipinski definition) is 2. The van der Waals surface area contributed by atoms with Crippen molar-refractivity contribution in [2.24, 2.45) is 0 Å². The van der Waals surface area contributed by atoms with Crippen molar-refractivity contribution < 1.29 is 17.9 Å². The molecule has 0 aliphatic heterocycles. The number of nitrogens with one attached hydrogen (secondary N) is 2. The number of unbranched alkanes of at least 4 members (excludes halogenated alkanes) is 1. The molecule has 0 saturated carbocycles. The standard InChI is InChI=1S/C23H22ClF3N2O/c1-3-4-9-22(23(25,26)27,18-12-28-20-7-5-14(24)10-16(18)20)19-13-29-21-8-6-15(30-2)11-17(19)21/h5-8,10-13,28-29H,3-4,9H2,1-2H3. The molecule has 30 heavy (non-hydrogen) atoms. The summed E-state index contributed by atoms with van der Waals surface area (Å²) < 4.78 is 50.5. The van der Waals surface area contributed by atoms with Gasteiger partial charge in [-0.2, -0.15) is 13.2 Å². The number of hydrogen-bond acceptors (Lipinski definition) is 1. The third-order valence-corrected chi connectivity index (χ3v) is 6.08. The van der Waals surface area contributed by atoms with Gasteiger partial charge in [0.15, 0.2) is 0 Å². The number of halogens is 4. The molecule has 0 aliphatic carbocycles. The predicted octanol–water partition coefficient (Wildman–Crippen LogP) is 7.35. The summed E-state index contributed by atoms with van der Waals surface area (Å²) in [5.74, 6) is 0.511. The van der Waals surface area contributed by atoms with Crippen LogP contribution >= 0.6 is 11.6 Å². The minimum Gasteiger partial charge on any atom is -0.497 e. The molecule has 4 aromatic rings. The van der Waals surface area contributed by atoms with E-state index in [2.05, 4.69) is 9.97 Å². The van der Waals surface area contributed by atoms with E-state index in [1.165, 1.54) is 19.5 Å². The molecule has 0 aliphatic rings. The van der Waals surface area contributed by atoms with Crippen LogP contribution in [0.1, 0.15) is 37.3 Å². The molecular weight excluding hydrogens is 413 g/mol. The van der Waals surface area contributed by atoms with Crippen molar-refractivity contribution in [2.75, 3.05) is 7.11 Å². The second-order valence-corrected chi connectivity index (χ2v) is 7.95. The highest BCUT2D eigenvalue weighted by Gasteiger charge is 2.58. The van der Waals surface area contributed by atoms with Gasteiger partial charge >= 0.3 is 6.18 Å². The summed E-state index contributed by atoms with van der Waals surface area (Å²) in [7, 11) is 1.50. The molecule has 1 atom stereocenters. The van der Waals surface area contributed by atoms with Gasteiger partial charge in [0.1, 0.15) is 11.2 Å². The zero-order valence-electron chi connectivity index (χ0n) is 16.7. The van der Waals surface area contributed by atoms with Gasteiger partial charge in [0.25, 0.3) is 0 Å². The summed E-state index contributed by atoms with van der Waals surface area (Å²) in [4.78, 5) is 6.03. The first kappa shape index (κ1) is 20.7. The van der Waals surface area contributed by atoms with Gasteiger partial charge in [-0.05, 0) is 53.9 Å². The van der Waals surface area contributed by atoms with Crippen molar-refractivity contribution >= 4 is 33.4 Å². The summed E-state index contributed by atoms with van der Waals surface area (Å²) in [6.45, 7) is 1.89. The van der Waals surface area contributed by atoms with Crippen molar-refractivity contribution in [1.82, 2.24) is 9.97 Å². The van der Waals surface area contributed by atoms with Crippen LogP contribution in [0.3, 0.4) is 0 Å². The summed E-state index contributed by atoms with van der Waals surface area (Å²) in [5, 5.41) is 1.38. The number of aromatic amines is 2. The third-order valence-electron chi connectivity index (χ3n) is 5.84. The second kappa shape index (κ2) is 7.58. The fourth-order valence-electron chi connectivity index (χ4n) is 4.33. The molecule has 0 saturated heterocycles. The van der Waals surface area contributed by atoms with Gasteiger partial charge in [-0.1, -0.05) is 31.4 Å². The van der Waals surface area contributed by atoms with E-state index in [1.54, 1.807) is 36.4 Å². The van der Waals surface area contributed by atoms with Crippen LogP contribution in [0.15, 0.2) is 48.8 Å². The lowest BCUT2D eigenvalue weighted by atomic mass is 9.70. The van der Waals surface area contributed by atoms with Crippen LogP contribution in [0.25, 0.3) is 21.8 Å². The van der Waals surface area contributed by atoms with Crippen LogP contribution in [-0.4, -0.2) is 23.3 Å². The second-order valence-electron chi connectivity index (χ2n) is 7.51. The quantitative estimate of drug-likeness (QED) is 0.327. The largest absolute Gasteiger partial charge is 0.497 e. The van der Waals surface area contributed by atoms with Gasteiger partial charge < -0.3 is 14.7 Å². The molecule has 0 radical (unpaired) electrons. The van der Waals surface area contributed by atoms with Crippen molar-refractivity contribution in [2.45, 2.75) is 37.8 Å². The first-order valence-electron chi connectivity index (χ1n) is 9.81. The van der Waals surface area contributed by atoms with E-state index in [-0.39, 0.29) is 17.5 Å². The average molecular weight is 435 g/mol. The SMILES string of the molecule is CCCCC(c1c[nH]c2ccc(Cl)cc12)(c1c[nH]c2ccc(OC)cc12)C(F)(F)F. The fourth-order valence-corrected chi connectivity index (χ4v) is 4.50. The van der Waals surface area contributed by atoms with E-state index in [1.807, 2.05) is 6.92 Å². The lowest BCUT2D eigenvalue weighted by Crippen LogP contribution is -2.43. The van der Waals surface area contributed by atoms with Crippen LogP contribution in [0, 0.1) is 0 Å². The molecule has 2 aromatic carbocycles. The first-order chi connectivity index (χ1) is 14.3. The third kappa shape index (κ3) is 3.14. The molecule has 0 bridgehead atoms. The molecular formula is C23H22ClF3N2O. The molecule has 4 rings (SSSR count). The number of rotatable bonds is 6. The maximum Gasteiger partial charge on any atom is 0.402 e. The molecule has 1 unspecified atom stereocenters. The van der Waals surface area contributed by atoms with Crippen molar-refractivity contribution in [3.63, 3.8) is 0 Å². The molecule has 0 fully saturated rings. The van der Waals surface area contributed by atoms with E-state index in [9.17, 15) is 0 Å². The maximum atomic E-state index is 15.1. The Kier molecular flexibility index (Phi) is 5.22. The van der Waals surface area contributed by atoms with Crippen LogP contribution in [-0.2, 0) is 5.41 Å². The molecule has 2 N–H and O–H groups in total. The highest BCUT2D eigenvalue weighted by Crippen LogP contribution is 2.53. The summed E-state index contributed by atoms with van der Waals surface area (Å²) in [6, 6.07) is 10.1. The Bertz CT molecular complexity index is 1190. The molecule has 0 amide bonds. The minimum absolute atomic E-state index is 0.0728. The fraction of sp³-hybridized carbons (Fsp3) is 0.304. The Morgan fingerprint density at radius 2 is 1.53 bits per heavy atom. The van der Waals surface area contributed by atoms with Crippen LogP contribution in [0.5, 0.6) is 5.75 Å². The Morgan fingerprint density at radius 3 is 2.10 bits per heavy atom. The van der Waals surface area contributed by atoms with Gasteiger partial charge in [0.05, 0.1) is 7.11 Å². The van der Waals surface area contributed by atoms with E-state index >= 15 is 13.2 Å². The number of H-pyrrole nitrogens is 2. The number of methoxy groups -OCH3 is 1. The van der Waals surface area contributed by atoms with Crippen LogP contribution in [0.4, 0.5) is 13.2 Å². The van der Waals surface area contributed by atoms with E-state index in [0.29, 0.717) is 45.4 Å². The maximum absolute atomic E-state index is 15.1. The summed E-state index contributed by atoms with van der Waals surface area (Å²) in [5.41, 5.74) is -0.565. The molecule has 2 aromatic heterocycles. The normalized spacial score (nSPS) is 14.3. The Labute approximate surface area is 177 Å². The van der Waals surface area contributed by atoms with Gasteiger partial charge in [-0.25, -0.2) is 0 Å². The van der Waals surface area contributed by atoms with Crippen molar-refractivity contribution in [3.05, 3.63) is 64.9 Å².